The Labute approximate surface area is 125 Å². The standard InChI is InChI=1S/C15H12F2N2O3/c1-21-10-7-11(22-2)13(17)9(12(10)16)4-3-8-5-6-19-14(8)15(18)20/h5-7,19H,1-2H3,(H2,18,20). The molecule has 2 rings (SSSR count). The molecule has 0 bridgehead atoms. The van der Waals surface area contributed by atoms with Crippen molar-refractivity contribution in [1.82, 2.24) is 4.98 Å². The third kappa shape index (κ3) is 2.72. The van der Waals surface area contributed by atoms with Gasteiger partial charge >= 0.3 is 0 Å². The zero-order valence-electron chi connectivity index (χ0n) is 11.8. The van der Waals surface area contributed by atoms with Gasteiger partial charge in [0, 0.05) is 12.3 Å². The second kappa shape index (κ2) is 6.18. The molecule has 0 aliphatic rings. The molecule has 0 unspecified atom stereocenters. The van der Waals surface area contributed by atoms with Crippen LogP contribution in [0, 0.1) is 23.5 Å². The minimum Gasteiger partial charge on any atom is -0.493 e. The molecule has 1 amide bonds. The number of hydrogen-bond donors (Lipinski definition) is 2. The predicted octanol–water partition coefficient (Wildman–Crippen LogP) is 1.81. The molecular weight excluding hydrogens is 294 g/mol. The second-order valence-electron chi connectivity index (χ2n) is 4.16. The predicted molar refractivity (Wildman–Crippen MR) is 74.8 cm³/mol. The normalized spacial score (nSPS) is 9.82. The van der Waals surface area contributed by atoms with E-state index in [4.69, 9.17) is 15.2 Å². The zero-order chi connectivity index (χ0) is 16.3. The van der Waals surface area contributed by atoms with Crippen molar-refractivity contribution in [2.24, 2.45) is 5.73 Å². The maximum atomic E-state index is 14.1. The number of nitrogens with one attached hydrogen (secondary N) is 1. The SMILES string of the molecule is COc1cc(OC)c(F)c(C#Cc2cc[nH]c2C(N)=O)c1F. The summed E-state index contributed by atoms with van der Waals surface area (Å²) in [7, 11) is 2.48. The van der Waals surface area contributed by atoms with E-state index in [1.165, 1.54) is 26.5 Å². The van der Waals surface area contributed by atoms with Crippen LogP contribution in [0.25, 0.3) is 0 Å². The smallest absolute Gasteiger partial charge is 0.266 e. The average molecular weight is 306 g/mol. The van der Waals surface area contributed by atoms with Crippen LogP contribution in [0.15, 0.2) is 18.3 Å². The molecule has 0 atom stereocenters. The van der Waals surface area contributed by atoms with Crippen molar-refractivity contribution in [3.8, 4) is 23.3 Å². The van der Waals surface area contributed by atoms with Crippen LogP contribution in [0.2, 0.25) is 0 Å². The van der Waals surface area contributed by atoms with E-state index in [1.54, 1.807) is 0 Å². The quantitative estimate of drug-likeness (QED) is 0.849. The molecule has 1 heterocycles. The average Bonchev–Trinajstić information content (AvgIpc) is 2.96. The van der Waals surface area contributed by atoms with E-state index in [1.807, 2.05) is 0 Å². The number of rotatable bonds is 3. The molecule has 114 valence electrons. The third-order valence-corrected chi connectivity index (χ3v) is 2.89. The van der Waals surface area contributed by atoms with Crippen LogP contribution in [0.4, 0.5) is 8.78 Å². The Morgan fingerprint density at radius 1 is 1.18 bits per heavy atom. The van der Waals surface area contributed by atoms with E-state index in [-0.39, 0.29) is 22.8 Å². The highest BCUT2D eigenvalue weighted by Crippen LogP contribution is 2.30. The summed E-state index contributed by atoms with van der Waals surface area (Å²) >= 11 is 0. The summed E-state index contributed by atoms with van der Waals surface area (Å²) in [5.41, 5.74) is 4.92. The number of nitrogens with two attached hydrogens (primary N) is 1. The first-order valence-electron chi connectivity index (χ1n) is 6.08. The first kappa shape index (κ1) is 15.4. The van der Waals surface area contributed by atoms with E-state index in [0.717, 1.165) is 6.07 Å². The number of amides is 1. The molecule has 0 saturated carbocycles. The Bertz CT molecular complexity index is 760. The van der Waals surface area contributed by atoms with Crippen molar-refractivity contribution in [3.63, 3.8) is 0 Å². The van der Waals surface area contributed by atoms with Crippen molar-refractivity contribution in [2.45, 2.75) is 0 Å². The Morgan fingerprint density at radius 3 is 2.27 bits per heavy atom. The molecule has 0 spiro atoms. The van der Waals surface area contributed by atoms with E-state index in [9.17, 15) is 13.6 Å². The summed E-state index contributed by atoms with van der Waals surface area (Å²) < 4.78 is 37.9. The lowest BCUT2D eigenvalue weighted by atomic mass is 10.1. The van der Waals surface area contributed by atoms with Crippen LogP contribution < -0.4 is 15.2 Å². The fourth-order valence-electron chi connectivity index (χ4n) is 1.80. The van der Waals surface area contributed by atoms with Gasteiger partial charge in [-0.1, -0.05) is 11.8 Å². The summed E-state index contributed by atoms with van der Waals surface area (Å²) in [4.78, 5) is 13.8. The molecule has 0 radical (unpaired) electrons. The number of primary amides is 1. The highest BCUT2D eigenvalue weighted by atomic mass is 19.1. The first-order chi connectivity index (χ1) is 10.5. The van der Waals surface area contributed by atoms with Gasteiger partial charge in [-0.05, 0) is 6.07 Å². The number of benzene rings is 1. The summed E-state index contributed by atoms with van der Waals surface area (Å²) in [6, 6.07) is 2.56. The van der Waals surface area contributed by atoms with Gasteiger partial charge in [-0.3, -0.25) is 4.79 Å². The Hall–Kier alpha value is -3.01. The maximum absolute atomic E-state index is 14.1. The number of carbonyl (C=O) groups excluding carboxylic acids is 1. The molecule has 22 heavy (non-hydrogen) atoms. The van der Waals surface area contributed by atoms with E-state index in [2.05, 4.69) is 16.8 Å². The van der Waals surface area contributed by atoms with Crippen molar-refractivity contribution in [1.29, 1.82) is 0 Å². The van der Waals surface area contributed by atoms with E-state index in [0.29, 0.717) is 0 Å². The molecule has 0 aliphatic heterocycles. The summed E-state index contributed by atoms with van der Waals surface area (Å²) in [5.74, 6) is 1.81. The van der Waals surface area contributed by atoms with Crippen LogP contribution in [0.5, 0.6) is 11.5 Å². The van der Waals surface area contributed by atoms with Crippen molar-refractivity contribution in [2.75, 3.05) is 14.2 Å². The van der Waals surface area contributed by atoms with Crippen LogP contribution in [-0.2, 0) is 0 Å². The summed E-state index contributed by atoms with van der Waals surface area (Å²) in [6.07, 6.45) is 1.45. The lowest BCUT2D eigenvalue weighted by Gasteiger charge is -2.08. The molecule has 3 N–H and O–H groups in total. The molecule has 0 saturated heterocycles. The van der Waals surface area contributed by atoms with Gasteiger partial charge in [-0.15, -0.1) is 0 Å². The van der Waals surface area contributed by atoms with Crippen LogP contribution >= 0.6 is 0 Å². The van der Waals surface area contributed by atoms with Crippen LogP contribution in [-0.4, -0.2) is 25.1 Å². The lowest BCUT2D eigenvalue weighted by Crippen LogP contribution is -2.12. The topological polar surface area (TPSA) is 77.3 Å². The number of aromatic amines is 1. The molecule has 2 aromatic rings. The lowest BCUT2D eigenvalue weighted by molar-refractivity contribution is 0.0996. The van der Waals surface area contributed by atoms with Gasteiger partial charge < -0.3 is 20.2 Å². The first-order valence-corrected chi connectivity index (χ1v) is 6.08. The fourth-order valence-corrected chi connectivity index (χ4v) is 1.80. The molecule has 1 aromatic heterocycles. The molecule has 7 heteroatoms. The molecule has 1 aromatic carbocycles. The second-order valence-corrected chi connectivity index (χ2v) is 4.16. The Kier molecular flexibility index (Phi) is 4.32. The van der Waals surface area contributed by atoms with Gasteiger partial charge in [0.25, 0.3) is 5.91 Å². The molecule has 0 aliphatic carbocycles. The Balaban J connectivity index is 2.57. The molecular formula is C15H12F2N2O3. The highest BCUT2D eigenvalue weighted by Gasteiger charge is 2.18. The fraction of sp³-hybridized carbons (Fsp3) is 0.133. The van der Waals surface area contributed by atoms with Gasteiger partial charge in [0.15, 0.2) is 23.1 Å². The Morgan fingerprint density at radius 2 is 1.77 bits per heavy atom. The van der Waals surface area contributed by atoms with Gasteiger partial charge in [-0.25, -0.2) is 8.78 Å². The van der Waals surface area contributed by atoms with Gasteiger partial charge in [-0.2, -0.15) is 0 Å². The summed E-state index contributed by atoms with van der Waals surface area (Å²) in [5, 5.41) is 0. The largest absolute Gasteiger partial charge is 0.493 e. The van der Waals surface area contributed by atoms with Crippen molar-refractivity contribution >= 4 is 5.91 Å². The van der Waals surface area contributed by atoms with Crippen LogP contribution in [0.3, 0.4) is 0 Å². The van der Waals surface area contributed by atoms with Gasteiger partial charge in [0.2, 0.25) is 0 Å². The maximum Gasteiger partial charge on any atom is 0.266 e. The number of carbonyl (C=O) groups is 1. The zero-order valence-corrected chi connectivity index (χ0v) is 11.8. The van der Waals surface area contributed by atoms with Crippen molar-refractivity contribution in [3.05, 3.63) is 46.8 Å². The van der Waals surface area contributed by atoms with Gasteiger partial charge in [0.05, 0.1) is 19.8 Å². The number of hydrogen-bond acceptors (Lipinski definition) is 3. The highest BCUT2D eigenvalue weighted by molar-refractivity contribution is 5.93. The minimum atomic E-state index is -0.954. The van der Waals surface area contributed by atoms with Gasteiger partial charge in [0.1, 0.15) is 11.3 Å². The molecule has 5 nitrogen and oxygen atoms in total. The number of H-pyrrole nitrogens is 1. The number of halogens is 2. The summed E-state index contributed by atoms with van der Waals surface area (Å²) in [6.45, 7) is 0. The third-order valence-electron chi connectivity index (χ3n) is 2.89. The van der Waals surface area contributed by atoms with Crippen LogP contribution in [0.1, 0.15) is 21.6 Å². The number of methoxy groups -OCH3 is 2. The molecule has 0 fully saturated rings. The minimum absolute atomic E-state index is 0.0585. The monoisotopic (exact) mass is 306 g/mol. The number of ether oxygens (including phenoxy) is 2. The number of aromatic nitrogens is 1. The van der Waals surface area contributed by atoms with E-state index >= 15 is 0 Å². The van der Waals surface area contributed by atoms with Crippen molar-refractivity contribution < 1.29 is 23.0 Å². The van der Waals surface area contributed by atoms with E-state index < -0.39 is 23.1 Å².